The van der Waals surface area contributed by atoms with Gasteiger partial charge in [-0.2, -0.15) is 0 Å². The number of para-hydroxylation sites is 1. The van der Waals surface area contributed by atoms with Gasteiger partial charge in [0.1, 0.15) is 4.90 Å². The molecule has 0 saturated heterocycles. The van der Waals surface area contributed by atoms with Crippen LogP contribution in [0.2, 0.25) is 5.02 Å². The molecule has 0 aliphatic carbocycles. The molecule has 2 aromatic heterocycles. The molecule has 164 valence electrons. The number of pyridine rings is 2. The van der Waals surface area contributed by atoms with Crippen molar-refractivity contribution in [1.29, 1.82) is 0 Å². The number of benzene rings is 2. The Kier molecular flexibility index (Phi) is 6.01. The Labute approximate surface area is 195 Å². The second kappa shape index (κ2) is 8.90. The fraction of sp³-hybridized carbons (Fsp3) is 0.0417. The lowest BCUT2D eigenvalue weighted by Gasteiger charge is -2.12. The number of anilines is 1. The smallest absolute Gasteiger partial charge is 0.356 e. The van der Waals surface area contributed by atoms with Gasteiger partial charge in [-0.3, -0.25) is 9.71 Å². The summed E-state index contributed by atoms with van der Waals surface area (Å²) in [4.78, 5) is 19.2. The highest BCUT2D eigenvalue weighted by Crippen LogP contribution is 2.26. The third-order valence-corrected chi connectivity index (χ3v) is 6.33. The number of nitrogens with zero attached hydrogens (tertiary/aromatic N) is 2. The van der Waals surface area contributed by atoms with Crippen LogP contribution < -0.4 is 4.72 Å². The van der Waals surface area contributed by atoms with Crippen molar-refractivity contribution in [2.24, 2.45) is 0 Å². The summed E-state index contributed by atoms with van der Waals surface area (Å²) in [5.41, 5.74) is 1.99. The minimum Gasteiger partial charge on any atom is -0.476 e. The van der Waals surface area contributed by atoms with Crippen LogP contribution in [-0.2, 0) is 10.0 Å². The first-order chi connectivity index (χ1) is 15.7. The van der Waals surface area contributed by atoms with Crippen molar-refractivity contribution in [2.75, 3.05) is 4.72 Å². The van der Waals surface area contributed by atoms with E-state index >= 15 is 0 Å². The zero-order chi connectivity index (χ0) is 23.6. The van der Waals surface area contributed by atoms with Crippen molar-refractivity contribution in [3.63, 3.8) is 0 Å². The summed E-state index contributed by atoms with van der Waals surface area (Å²) in [5.74, 6) is 4.49. The number of rotatable bonds is 4. The molecule has 0 spiro atoms. The van der Waals surface area contributed by atoms with Gasteiger partial charge in [0, 0.05) is 28.9 Å². The van der Waals surface area contributed by atoms with Crippen LogP contribution >= 0.6 is 11.6 Å². The number of fused-ring (bicyclic) bond motifs is 1. The Morgan fingerprint density at radius 3 is 2.61 bits per heavy atom. The fourth-order valence-electron chi connectivity index (χ4n) is 3.19. The standard InChI is InChI=1S/C24H16ClN3O4S/c1-15-11-18-6-4-10-26-22(18)21(12-15)33(31,32)28-20-7-3-2-5-17(20)9-8-16-13-19(25)23(24(29)30)27-14-16/h2-7,10-14,28H,1H3,(H,29,30). The van der Waals surface area contributed by atoms with E-state index in [1.54, 1.807) is 42.6 Å². The van der Waals surface area contributed by atoms with Gasteiger partial charge in [0.25, 0.3) is 10.0 Å². The number of carboxylic acids is 1. The predicted octanol–water partition coefficient (Wildman–Crippen LogP) is 4.49. The maximum Gasteiger partial charge on any atom is 0.356 e. The summed E-state index contributed by atoms with van der Waals surface area (Å²) in [7, 11) is -3.97. The van der Waals surface area contributed by atoms with Crippen molar-refractivity contribution in [2.45, 2.75) is 11.8 Å². The number of hydrogen-bond donors (Lipinski definition) is 2. The lowest BCUT2D eigenvalue weighted by Crippen LogP contribution is -2.15. The van der Waals surface area contributed by atoms with E-state index in [0.717, 1.165) is 10.9 Å². The molecule has 2 heterocycles. The van der Waals surface area contributed by atoms with Gasteiger partial charge in [-0.15, -0.1) is 0 Å². The summed E-state index contributed by atoms with van der Waals surface area (Å²) >= 11 is 5.94. The van der Waals surface area contributed by atoms with Gasteiger partial charge in [0.2, 0.25) is 0 Å². The van der Waals surface area contributed by atoms with Crippen LogP contribution in [0.1, 0.15) is 27.2 Å². The predicted molar refractivity (Wildman–Crippen MR) is 126 cm³/mol. The number of sulfonamides is 1. The van der Waals surface area contributed by atoms with Gasteiger partial charge in [-0.1, -0.05) is 41.6 Å². The lowest BCUT2D eigenvalue weighted by atomic mass is 10.1. The minimum absolute atomic E-state index is 0.0397. The summed E-state index contributed by atoms with van der Waals surface area (Å²) < 4.78 is 29.1. The van der Waals surface area contributed by atoms with Crippen molar-refractivity contribution >= 4 is 44.2 Å². The number of aryl methyl sites for hydroxylation is 1. The van der Waals surface area contributed by atoms with E-state index in [4.69, 9.17) is 16.7 Å². The molecule has 9 heteroatoms. The summed E-state index contributed by atoms with van der Waals surface area (Å²) in [6.45, 7) is 1.82. The van der Waals surface area contributed by atoms with Crippen LogP contribution in [0.15, 0.2) is 71.9 Å². The van der Waals surface area contributed by atoms with Gasteiger partial charge >= 0.3 is 5.97 Å². The number of carboxylic acid groups (broad SMARTS) is 1. The van der Waals surface area contributed by atoms with E-state index in [9.17, 15) is 13.2 Å². The quantitative estimate of drug-likeness (QED) is 0.419. The van der Waals surface area contributed by atoms with Crippen LogP contribution in [0.3, 0.4) is 0 Å². The van der Waals surface area contributed by atoms with Crippen LogP contribution in [0.25, 0.3) is 10.9 Å². The molecule has 0 amide bonds. The highest BCUT2D eigenvalue weighted by Gasteiger charge is 2.20. The molecule has 4 rings (SSSR count). The van der Waals surface area contributed by atoms with Crippen molar-refractivity contribution in [1.82, 2.24) is 9.97 Å². The van der Waals surface area contributed by atoms with Gasteiger partial charge < -0.3 is 5.11 Å². The Bertz CT molecular complexity index is 1570. The zero-order valence-electron chi connectivity index (χ0n) is 17.2. The second-order valence-electron chi connectivity index (χ2n) is 7.10. The molecule has 2 aromatic carbocycles. The minimum atomic E-state index is -3.97. The molecule has 4 aromatic rings. The van der Waals surface area contributed by atoms with Crippen molar-refractivity contribution in [3.05, 3.63) is 94.4 Å². The van der Waals surface area contributed by atoms with Gasteiger partial charge in [0.15, 0.2) is 5.69 Å². The molecule has 0 saturated carbocycles. The molecule has 33 heavy (non-hydrogen) atoms. The normalized spacial score (nSPS) is 11.0. The number of aromatic carboxylic acids is 1. The van der Waals surface area contributed by atoms with Crippen LogP contribution in [0.4, 0.5) is 5.69 Å². The van der Waals surface area contributed by atoms with Crippen LogP contribution in [0.5, 0.6) is 0 Å². The highest BCUT2D eigenvalue weighted by molar-refractivity contribution is 7.93. The SMILES string of the molecule is Cc1cc(S(=O)(=O)Nc2ccccc2C#Cc2cnc(C(=O)O)c(Cl)c2)c2ncccc2c1. The number of nitrogens with one attached hydrogen (secondary N) is 1. The second-order valence-corrected chi connectivity index (χ2v) is 9.16. The van der Waals surface area contributed by atoms with E-state index in [2.05, 4.69) is 26.5 Å². The molecule has 0 aliphatic heterocycles. The van der Waals surface area contributed by atoms with Crippen LogP contribution in [-0.4, -0.2) is 29.5 Å². The molecule has 0 atom stereocenters. The molecular formula is C24H16ClN3O4S. The molecule has 7 nitrogen and oxygen atoms in total. The third-order valence-electron chi connectivity index (χ3n) is 4.66. The van der Waals surface area contributed by atoms with E-state index in [1.165, 1.54) is 12.3 Å². The first-order valence-corrected chi connectivity index (χ1v) is 11.5. The molecule has 2 N–H and O–H groups in total. The van der Waals surface area contributed by atoms with E-state index in [1.807, 2.05) is 19.1 Å². The topological polar surface area (TPSA) is 109 Å². The Morgan fingerprint density at radius 1 is 1.06 bits per heavy atom. The highest BCUT2D eigenvalue weighted by atomic mass is 35.5. The summed E-state index contributed by atoms with van der Waals surface area (Å²) in [5, 5.41) is 9.72. The molecule has 0 bridgehead atoms. The maximum atomic E-state index is 13.3. The average Bonchev–Trinajstić information content (AvgIpc) is 2.77. The Balaban J connectivity index is 1.71. The van der Waals surface area contributed by atoms with Gasteiger partial charge in [-0.25, -0.2) is 18.2 Å². The monoisotopic (exact) mass is 477 g/mol. The van der Waals surface area contributed by atoms with Crippen LogP contribution in [0, 0.1) is 18.8 Å². The number of halogens is 1. The van der Waals surface area contributed by atoms with Crippen molar-refractivity contribution < 1.29 is 18.3 Å². The molecule has 0 fully saturated rings. The molecule has 0 aliphatic rings. The fourth-order valence-corrected chi connectivity index (χ4v) is 4.78. The maximum absolute atomic E-state index is 13.3. The Hall–Kier alpha value is -3.93. The zero-order valence-corrected chi connectivity index (χ0v) is 18.8. The van der Waals surface area contributed by atoms with E-state index < -0.39 is 16.0 Å². The summed E-state index contributed by atoms with van der Waals surface area (Å²) in [6, 6.07) is 15.1. The summed E-state index contributed by atoms with van der Waals surface area (Å²) in [6.07, 6.45) is 2.84. The first-order valence-electron chi connectivity index (χ1n) is 9.63. The van der Waals surface area contributed by atoms with Gasteiger partial charge in [0.05, 0.1) is 16.2 Å². The average molecular weight is 478 g/mol. The van der Waals surface area contributed by atoms with E-state index in [-0.39, 0.29) is 21.3 Å². The number of carbonyl (C=O) groups is 1. The molecular weight excluding hydrogens is 462 g/mol. The third kappa shape index (κ3) is 4.80. The van der Waals surface area contributed by atoms with Crippen molar-refractivity contribution in [3.8, 4) is 11.8 Å². The number of aromatic nitrogens is 2. The van der Waals surface area contributed by atoms with Gasteiger partial charge in [-0.05, 0) is 48.9 Å². The number of hydrogen-bond acceptors (Lipinski definition) is 5. The lowest BCUT2D eigenvalue weighted by molar-refractivity contribution is 0.0690. The first kappa shape index (κ1) is 22.3. The molecule has 0 radical (unpaired) electrons. The molecule has 0 unspecified atom stereocenters. The Morgan fingerprint density at radius 2 is 1.85 bits per heavy atom. The largest absolute Gasteiger partial charge is 0.476 e. The van der Waals surface area contributed by atoms with E-state index in [0.29, 0.717) is 16.6 Å².